The minimum absolute atomic E-state index is 0.140. The van der Waals surface area contributed by atoms with Gasteiger partial charge in [-0.15, -0.1) is 0 Å². The molecule has 130 valence electrons. The Hall–Kier alpha value is -2.66. The highest BCUT2D eigenvalue weighted by Gasteiger charge is 2.22. The van der Waals surface area contributed by atoms with Gasteiger partial charge in [-0.25, -0.2) is 0 Å². The summed E-state index contributed by atoms with van der Waals surface area (Å²) in [6.45, 7) is 3.64. The number of nitrogens with one attached hydrogen (secondary N) is 2. The molecular formula is C20H23N3O2. The van der Waals surface area contributed by atoms with Crippen LogP contribution in [0.3, 0.4) is 0 Å². The van der Waals surface area contributed by atoms with Crippen molar-refractivity contribution in [3.05, 3.63) is 76.2 Å². The zero-order valence-electron chi connectivity index (χ0n) is 14.2. The number of amides is 1. The number of carbonyl (C=O) groups excluding carboxylic acids is 1. The molecule has 1 aliphatic heterocycles. The lowest BCUT2D eigenvalue weighted by atomic mass is 10.1. The third-order valence-electron chi connectivity index (χ3n) is 4.44. The molecule has 0 bridgehead atoms. The summed E-state index contributed by atoms with van der Waals surface area (Å²) in [5, 5.41) is 2.96. The van der Waals surface area contributed by atoms with Crippen LogP contribution in [0.4, 0.5) is 0 Å². The van der Waals surface area contributed by atoms with E-state index in [0.29, 0.717) is 18.0 Å². The molecule has 1 saturated heterocycles. The first-order valence-electron chi connectivity index (χ1n) is 8.61. The van der Waals surface area contributed by atoms with Crippen LogP contribution in [-0.4, -0.2) is 42.0 Å². The fourth-order valence-corrected chi connectivity index (χ4v) is 3.04. The third kappa shape index (κ3) is 5.16. The topological polar surface area (TPSA) is 65.2 Å². The average Bonchev–Trinajstić information content (AvgIpc) is 3.09. The number of hydrogen-bond acceptors (Lipinski definition) is 3. The Morgan fingerprint density at radius 2 is 2.08 bits per heavy atom. The standard InChI is InChI=1S/C20H23N3O2/c24-19-9-8-18(14-21-19)20(25)22-13-17-10-12-23(15-17)11-4-7-16-5-2-1-3-6-16/h1-9,14,17H,10-13,15H2,(H,21,24)(H,22,25)/b7-4+/t17-/m0/s1. The molecule has 2 aromatic rings. The molecule has 1 atom stereocenters. The Labute approximate surface area is 147 Å². The minimum atomic E-state index is -0.202. The van der Waals surface area contributed by atoms with Gasteiger partial charge in [0.05, 0.1) is 5.56 Å². The van der Waals surface area contributed by atoms with E-state index >= 15 is 0 Å². The second kappa shape index (κ2) is 8.44. The summed E-state index contributed by atoms with van der Waals surface area (Å²) in [7, 11) is 0. The molecule has 1 aliphatic rings. The van der Waals surface area contributed by atoms with E-state index in [1.165, 1.54) is 17.8 Å². The van der Waals surface area contributed by atoms with Crippen molar-refractivity contribution in [2.75, 3.05) is 26.2 Å². The number of carbonyl (C=O) groups is 1. The van der Waals surface area contributed by atoms with Crippen LogP contribution in [0.5, 0.6) is 0 Å². The Morgan fingerprint density at radius 1 is 1.24 bits per heavy atom. The molecule has 2 N–H and O–H groups in total. The number of likely N-dealkylation sites (tertiary alicyclic amines) is 1. The predicted octanol–water partition coefficient (Wildman–Crippen LogP) is 2.14. The van der Waals surface area contributed by atoms with E-state index in [2.05, 4.69) is 39.5 Å². The SMILES string of the molecule is O=C(NC[C@@H]1CCN(C/C=C/c2ccccc2)C1)c1ccc(=O)[nH]c1. The van der Waals surface area contributed by atoms with Crippen molar-refractivity contribution < 1.29 is 4.79 Å². The summed E-state index contributed by atoms with van der Waals surface area (Å²) in [4.78, 5) is 28.0. The summed E-state index contributed by atoms with van der Waals surface area (Å²) in [6.07, 6.45) is 6.87. The summed E-state index contributed by atoms with van der Waals surface area (Å²) in [5.41, 5.74) is 1.50. The number of H-pyrrole nitrogens is 1. The lowest BCUT2D eigenvalue weighted by Crippen LogP contribution is -2.31. The molecule has 0 saturated carbocycles. The molecule has 0 spiro atoms. The quantitative estimate of drug-likeness (QED) is 0.849. The minimum Gasteiger partial charge on any atom is -0.352 e. The molecule has 1 aromatic carbocycles. The Kier molecular flexibility index (Phi) is 5.80. The van der Waals surface area contributed by atoms with Crippen molar-refractivity contribution in [1.82, 2.24) is 15.2 Å². The molecule has 5 heteroatoms. The molecule has 5 nitrogen and oxygen atoms in total. The lowest BCUT2D eigenvalue weighted by Gasteiger charge is -2.14. The van der Waals surface area contributed by atoms with Gasteiger partial charge >= 0.3 is 0 Å². The Bertz CT molecular complexity index is 763. The van der Waals surface area contributed by atoms with Crippen molar-refractivity contribution in [3.63, 3.8) is 0 Å². The van der Waals surface area contributed by atoms with E-state index in [9.17, 15) is 9.59 Å². The van der Waals surface area contributed by atoms with E-state index in [-0.39, 0.29) is 11.5 Å². The highest BCUT2D eigenvalue weighted by Crippen LogP contribution is 2.15. The van der Waals surface area contributed by atoms with Gasteiger partial charge in [0.15, 0.2) is 0 Å². The highest BCUT2D eigenvalue weighted by molar-refractivity contribution is 5.93. The van der Waals surface area contributed by atoms with Gasteiger partial charge in [0.25, 0.3) is 5.91 Å². The van der Waals surface area contributed by atoms with Gasteiger partial charge in [0, 0.05) is 31.9 Å². The van der Waals surface area contributed by atoms with Gasteiger partial charge in [-0.1, -0.05) is 42.5 Å². The molecule has 25 heavy (non-hydrogen) atoms. The molecule has 1 aromatic heterocycles. The summed E-state index contributed by atoms with van der Waals surface area (Å²) in [6, 6.07) is 13.2. The summed E-state index contributed by atoms with van der Waals surface area (Å²) in [5.74, 6) is 0.329. The fourth-order valence-electron chi connectivity index (χ4n) is 3.04. The van der Waals surface area contributed by atoms with Gasteiger partial charge in [0.2, 0.25) is 5.56 Å². The van der Waals surface area contributed by atoms with Crippen molar-refractivity contribution in [1.29, 1.82) is 0 Å². The number of aromatic amines is 1. The molecule has 0 aliphatic carbocycles. The van der Waals surface area contributed by atoms with Gasteiger partial charge in [-0.2, -0.15) is 0 Å². The fraction of sp³-hybridized carbons (Fsp3) is 0.300. The van der Waals surface area contributed by atoms with E-state index in [4.69, 9.17) is 0 Å². The maximum atomic E-state index is 12.1. The van der Waals surface area contributed by atoms with E-state index < -0.39 is 0 Å². The van der Waals surface area contributed by atoms with Gasteiger partial charge in [-0.3, -0.25) is 14.5 Å². The van der Waals surface area contributed by atoms with Crippen LogP contribution >= 0.6 is 0 Å². The number of nitrogens with zero attached hydrogens (tertiary/aromatic N) is 1. The largest absolute Gasteiger partial charge is 0.352 e. The normalized spacial score (nSPS) is 17.8. The van der Waals surface area contributed by atoms with Crippen LogP contribution < -0.4 is 10.9 Å². The first-order chi connectivity index (χ1) is 12.2. The van der Waals surface area contributed by atoms with Crippen LogP contribution in [0.1, 0.15) is 22.3 Å². The molecule has 1 amide bonds. The molecular weight excluding hydrogens is 314 g/mol. The number of aromatic nitrogens is 1. The molecule has 0 unspecified atom stereocenters. The monoisotopic (exact) mass is 337 g/mol. The highest BCUT2D eigenvalue weighted by atomic mass is 16.1. The second-order valence-electron chi connectivity index (χ2n) is 6.38. The summed E-state index contributed by atoms with van der Waals surface area (Å²) < 4.78 is 0. The Morgan fingerprint density at radius 3 is 2.84 bits per heavy atom. The van der Waals surface area contributed by atoms with Gasteiger partial charge in [-0.05, 0) is 30.5 Å². The number of hydrogen-bond donors (Lipinski definition) is 2. The maximum Gasteiger partial charge on any atom is 0.252 e. The van der Waals surface area contributed by atoms with Crippen LogP contribution in [0.25, 0.3) is 6.08 Å². The molecule has 2 heterocycles. The smallest absolute Gasteiger partial charge is 0.252 e. The first kappa shape index (κ1) is 17.2. The first-order valence-corrected chi connectivity index (χ1v) is 8.61. The van der Waals surface area contributed by atoms with Crippen molar-refractivity contribution >= 4 is 12.0 Å². The van der Waals surface area contributed by atoms with E-state index in [0.717, 1.165) is 26.1 Å². The number of rotatable bonds is 6. The maximum absolute atomic E-state index is 12.1. The second-order valence-corrected chi connectivity index (χ2v) is 6.38. The van der Waals surface area contributed by atoms with E-state index in [1.807, 2.05) is 18.2 Å². The number of pyridine rings is 1. The molecule has 3 rings (SSSR count). The van der Waals surface area contributed by atoms with Crippen LogP contribution in [-0.2, 0) is 0 Å². The van der Waals surface area contributed by atoms with Gasteiger partial charge < -0.3 is 10.3 Å². The Balaban J connectivity index is 1.41. The zero-order chi connectivity index (χ0) is 17.5. The summed E-state index contributed by atoms with van der Waals surface area (Å²) >= 11 is 0. The van der Waals surface area contributed by atoms with Crippen molar-refractivity contribution in [2.24, 2.45) is 5.92 Å². The average molecular weight is 337 g/mol. The molecule has 1 fully saturated rings. The number of benzene rings is 1. The molecule has 0 radical (unpaired) electrons. The van der Waals surface area contributed by atoms with Crippen molar-refractivity contribution in [3.8, 4) is 0 Å². The third-order valence-corrected chi connectivity index (χ3v) is 4.44. The van der Waals surface area contributed by atoms with E-state index in [1.54, 1.807) is 6.07 Å². The van der Waals surface area contributed by atoms with Gasteiger partial charge in [0.1, 0.15) is 0 Å². The lowest BCUT2D eigenvalue weighted by molar-refractivity contribution is 0.0947. The predicted molar refractivity (Wildman–Crippen MR) is 99.4 cm³/mol. The zero-order valence-corrected chi connectivity index (χ0v) is 14.2. The van der Waals surface area contributed by atoms with Crippen LogP contribution in [0.2, 0.25) is 0 Å². The van der Waals surface area contributed by atoms with Crippen LogP contribution in [0, 0.1) is 5.92 Å². The van der Waals surface area contributed by atoms with Crippen LogP contribution in [0.15, 0.2) is 59.5 Å². The van der Waals surface area contributed by atoms with Crippen molar-refractivity contribution in [2.45, 2.75) is 6.42 Å².